The molecule has 1 aromatic rings. The van der Waals surface area contributed by atoms with Gasteiger partial charge in [-0.2, -0.15) is 0 Å². The van der Waals surface area contributed by atoms with E-state index in [2.05, 4.69) is 0 Å². The zero-order valence-electron chi connectivity index (χ0n) is 10.2. The number of likely N-dealkylation sites (tertiary alicyclic amines) is 1. The Morgan fingerprint density at radius 3 is 2.26 bits per heavy atom. The molecular formula is C14H13NO4. The van der Waals surface area contributed by atoms with Crippen molar-refractivity contribution in [1.82, 2.24) is 4.90 Å². The van der Waals surface area contributed by atoms with Crippen molar-refractivity contribution in [3.63, 3.8) is 0 Å². The van der Waals surface area contributed by atoms with E-state index in [1.807, 2.05) is 0 Å². The van der Waals surface area contributed by atoms with Gasteiger partial charge in [0.2, 0.25) is 11.8 Å². The molecule has 98 valence electrons. The summed E-state index contributed by atoms with van der Waals surface area (Å²) in [5, 5.41) is 8.51. The first kappa shape index (κ1) is 13.0. The van der Waals surface area contributed by atoms with Crippen LogP contribution in [0.3, 0.4) is 0 Å². The van der Waals surface area contributed by atoms with Gasteiger partial charge in [-0.3, -0.25) is 14.5 Å². The van der Waals surface area contributed by atoms with E-state index >= 15 is 0 Å². The number of rotatable bonds is 4. The van der Waals surface area contributed by atoms with Crippen molar-refractivity contribution in [3.05, 3.63) is 41.5 Å². The molecule has 1 N–H and O–H groups in total. The first-order valence-corrected chi connectivity index (χ1v) is 5.89. The molecule has 0 bridgehead atoms. The third-order valence-electron chi connectivity index (χ3n) is 2.89. The van der Waals surface area contributed by atoms with E-state index in [-0.39, 0.29) is 31.2 Å². The number of benzene rings is 1. The van der Waals surface area contributed by atoms with Gasteiger partial charge in [-0.15, -0.1) is 0 Å². The van der Waals surface area contributed by atoms with Gasteiger partial charge in [0, 0.05) is 18.9 Å². The molecule has 1 aliphatic rings. The number of imide groups is 1. The molecule has 2 rings (SSSR count). The van der Waals surface area contributed by atoms with Crippen molar-refractivity contribution in [3.8, 4) is 0 Å². The van der Waals surface area contributed by atoms with E-state index in [9.17, 15) is 14.4 Å². The summed E-state index contributed by atoms with van der Waals surface area (Å²) in [7, 11) is 0. The van der Waals surface area contributed by atoms with Gasteiger partial charge >= 0.3 is 5.97 Å². The summed E-state index contributed by atoms with van der Waals surface area (Å²) in [6, 6.07) is 7.06. The average molecular weight is 259 g/mol. The van der Waals surface area contributed by atoms with Crippen LogP contribution in [0.25, 0.3) is 6.08 Å². The van der Waals surface area contributed by atoms with Crippen molar-refractivity contribution in [1.29, 1.82) is 0 Å². The highest BCUT2D eigenvalue weighted by atomic mass is 16.4. The highest BCUT2D eigenvalue weighted by molar-refractivity contribution is 6.01. The summed E-state index contributed by atoms with van der Waals surface area (Å²) in [6.45, 7) is 0.278. The number of amides is 2. The Morgan fingerprint density at radius 2 is 1.74 bits per heavy atom. The maximum atomic E-state index is 11.5. The molecule has 0 radical (unpaired) electrons. The van der Waals surface area contributed by atoms with Gasteiger partial charge in [-0.1, -0.05) is 24.3 Å². The molecule has 0 saturated carbocycles. The number of nitrogens with zero attached hydrogens (tertiary/aromatic N) is 1. The Labute approximate surface area is 110 Å². The second-order valence-corrected chi connectivity index (χ2v) is 4.29. The molecule has 0 aliphatic carbocycles. The lowest BCUT2D eigenvalue weighted by atomic mass is 10.1. The van der Waals surface area contributed by atoms with E-state index in [1.165, 1.54) is 11.0 Å². The zero-order valence-corrected chi connectivity index (χ0v) is 10.2. The maximum absolute atomic E-state index is 11.5. The van der Waals surface area contributed by atoms with E-state index < -0.39 is 5.97 Å². The van der Waals surface area contributed by atoms with Crippen molar-refractivity contribution < 1.29 is 19.5 Å². The van der Waals surface area contributed by atoms with Crippen LogP contribution in [0.5, 0.6) is 0 Å². The van der Waals surface area contributed by atoms with Gasteiger partial charge in [-0.05, 0) is 17.2 Å². The predicted molar refractivity (Wildman–Crippen MR) is 67.9 cm³/mol. The molecule has 5 nitrogen and oxygen atoms in total. The van der Waals surface area contributed by atoms with Crippen molar-refractivity contribution in [2.24, 2.45) is 0 Å². The average Bonchev–Trinajstić information content (AvgIpc) is 2.70. The molecule has 1 saturated heterocycles. The lowest BCUT2D eigenvalue weighted by Crippen LogP contribution is -2.28. The van der Waals surface area contributed by atoms with E-state index in [4.69, 9.17) is 5.11 Å². The van der Waals surface area contributed by atoms with E-state index in [0.29, 0.717) is 0 Å². The van der Waals surface area contributed by atoms with Crippen LogP contribution in [0.15, 0.2) is 30.3 Å². The minimum Gasteiger partial charge on any atom is -0.478 e. The molecule has 1 aliphatic heterocycles. The molecule has 0 atom stereocenters. The van der Waals surface area contributed by atoms with Crippen LogP contribution in [-0.4, -0.2) is 27.8 Å². The molecule has 19 heavy (non-hydrogen) atoms. The van der Waals surface area contributed by atoms with Crippen molar-refractivity contribution in [2.75, 3.05) is 0 Å². The van der Waals surface area contributed by atoms with Crippen LogP contribution in [0.1, 0.15) is 24.0 Å². The Kier molecular flexibility index (Phi) is 3.75. The summed E-state index contributed by atoms with van der Waals surface area (Å²) < 4.78 is 0. The molecule has 1 fully saturated rings. The lowest BCUT2D eigenvalue weighted by molar-refractivity contribution is -0.139. The number of aliphatic carboxylic acids is 1. The van der Waals surface area contributed by atoms with Gasteiger partial charge in [-0.25, -0.2) is 4.79 Å². The summed E-state index contributed by atoms with van der Waals surface area (Å²) in [4.78, 5) is 34.5. The fraction of sp³-hybridized carbons (Fsp3) is 0.214. The summed E-state index contributed by atoms with van der Waals surface area (Å²) >= 11 is 0. The van der Waals surface area contributed by atoms with Gasteiger partial charge in [0.1, 0.15) is 0 Å². The zero-order chi connectivity index (χ0) is 13.8. The number of carbonyl (C=O) groups is 3. The number of carbonyl (C=O) groups excluding carboxylic acids is 2. The lowest BCUT2D eigenvalue weighted by Gasteiger charge is -2.13. The normalized spacial score (nSPS) is 15.5. The van der Waals surface area contributed by atoms with E-state index in [0.717, 1.165) is 17.2 Å². The first-order valence-electron chi connectivity index (χ1n) is 5.89. The monoisotopic (exact) mass is 259 g/mol. The number of carboxylic acids is 1. The van der Waals surface area contributed by atoms with Crippen LogP contribution in [0.2, 0.25) is 0 Å². The Hall–Kier alpha value is -2.43. The molecule has 2 amide bonds. The molecule has 5 heteroatoms. The van der Waals surface area contributed by atoms with Gasteiger partial charge in [0.05, 0.1) is 6.54 Å². The molecule has 1 aromatic carbocycles. The first-order chi connectivity index (χ1) is 9.06. The predicted octanol–water partition coefficient (Wildman–Crippen LogP) is 1.43. The van der Waals surface area contributed by atoms with E-state index in [1.54, 1.807) is 24.3 Å². The fourth-order valence-electron chi connectivity index (χ4n) is 1.88. The van der Waals surface area contributed by atoms with Gasteiger partial charge in [0.15, 0.2) is 0 Å². The third kappa shape index (κ3) is 3.28. The number of carboxylic acid groups (broad SMARTS) is 1. The fourth-order valence-corrected chi connectivity index (χ4v) is 1.88. The summed E-state index contributed by atoms with van der Waals surface area (Å²) in [5.41, 5.74) is 1.60. The van der Waals surface area contributed by atoms with Crippen molar-refractivity contribution in [2.45, 2.75) is 19.4 Å². The molecular weight excluding hydrogens is 246 g/mol. The topological polar surface area (TPSA) is 74.7 Å². The molecule has 0 aromatic heterocycles. The Morgan fingerprint density at radius 1 is 1.16 bits per heavy atom. The minimum atomic E-state index is -1.00. The second kappa shape index (κ2) is 5.48. The summed E-state index contributed by atoms with van der Waals surface area (Å²) in [5.74, 6) is -1.28. The van der Waals surface area contributed by atoms with Crippen LogP contribution < -0.4 is 0 Å². The number of hydrogen-bond acceptors (Lipinski definition) is 3. The molecule has 0 unspecified atom stereocenters. The molecule has 0 spiro atoms. The third-order valence-corrected chi connectivity index (χ3v) is 2.89. The highest BCUT2D eigenvalue weighted by Crippen LogP contribution is 2.16. The van der Waals surface area contributed by atoms with Crippen molar-refractivity contribution >= 4 is 23.9 Å². The summed E-state index contributed by atoms with van der Waals surface area (Å²) in [6.07, 6.45) is 3.12. The SMILES string of the molecule is O=C(O)/C=C/c1ccc(CN2C(=O)CCC2=O)cc1. The van der Waals surface area contributed by atoms with Crippen LogP contribution in [0, 0.1) is 0 Å². The Balaban J connectivity index is 2.04. The quantitative estimate of drug-likeness (QED) is 0.655. The number of hydrogen-bond donors (Lipinski definition) is 1. The maximum Gasteiger partial charge on any atom is 0.328 e. The second-order valence-electron chi connectivity index (χ2n) is 4.29. The smallest absolute Gasteiger partial charge is 0.328 e. The van der Waals surface area contributed by atoms with Crippen LogP contribution >= 0.6 is 0 Å². The minimum absolute atomic E-state index is 0.139. The van der Waals surface area contributed by atoms with Crippen LogP contribution in [0.4, 0.5) is 0 Å². The van der Waals surface area contributed by atoms with Crippen LogP contribution in [-0.2, 0) is 20.9 Å². The standard InChI is InChI=1S/C14H13NO4/c16-12-6-7-13(17)15(12)9-11-3-1-10(2-4-11)5-8-14(18)19/h1-5,8H,6-7,9H2,(H,18,19)/b8-5+. The molecule has 1 heterocycles. The largest absolute Gasteiger partial charge is 0.478 e. The van der Waals surface area contributed by atoms with Gasteiger partial charge in [0.25, 0.3) is 0 Å². The highest BCUT2D eigenvalue weighted by Gasteiger charge is 2.28. The Bertz CT molecular complexity index is 529. The van der Waals surface area contributed by atoms with Gasteiger partial charge < -0.3 is 5.11 Å².